The van der Waals surface area contributed by atoms with Gasteiger partial charge in [0.1, 0.15) is 0 Å². The molecule has 0 heterocycles. The van der Waals surface area contributed by atoms with E-state index < -0.39 is 6.10 Å². The van der Waals surface area contributed by atoms with E-state index in [1.807, 2.05) is 0 Å². The van der Waals surface area contributed by atoms with Gasteiger partial charge in [0.25, 0.3) is 0 Å². The Morgan fingerprint density at radius 3 is 2.72 bits per heavy atom. The number of hydrogen-bond acceptors (Lipinski definition) is 2. The lowest BCUT2D eigenvalue weighted by Gasteiger charge is -2.24. The number of rotatable bonds is 4. The Bertz CT molecular complexity index is 386. The minimum absolute atomic E-state index is 0.204. The summed E-state index contributed by atoms with van der Waals surface area (Å²) >= 11 is 0. The first-order chi connectivity index (χ1) is 8.70. The molecule has 2 nitrogen and oxygen atoms in total. The van der Waals surface area contributed by atoms with E-state index >= 15 is 0 Å². The monoisotopic (exact) mass is 252 g/mol. The van der Waals surface area contributed by atoms with Crippen LogP contribution >= 0.6 is 0 Å². The zero-order valence-corrected chi connectivity index (χ0v) is 10.9. The lowest BCUT2D eigenvalue weighted by Crippen LogP contribution is -2.11. The lowest BCUT2D eigenvalue weighted by atomic mass is 9.84. The van der Waals surface area contributed by atoms with Crippen LogP contribution < -0.4 is 4.74 Å². The summed E-state index contributed by atoms with van der Waals surface area (Å²) in [6, 6.07) is 4.60. The molecule has 0 aromatic heterocycles. The summed E-state index contributed by atoms with van der Waals surface area (Å²) in [6.45, 7) is 0. The molecule has 1 aromatic rings. The largest absolute Gasteiger partial charge is 0.494 e. The molecule has 100 valence electrons. The maximum absolute atomic E-state index is 13.3. The number of hydrogen-bond donors (Lipinski definition) is 1. The first kappa shape index (κ1) is 13.3. The molecule has 0 bridgehead atoms. The van der Waals surface area contributed by atoms with Crippen LogP contribution in [-0.4, -0.2) is 12.2 Å². The smallest absolute Gasteiger partial charge is 0.165 e. The van der Waals surface area contributed by atoms with Gasteiger partial charge in [-0.05, 0) is 30.0 Å². The van der Waals surface area contributed by atoms with Gasteiger partial charge in [0, 0.05) is 0 Å². The molecule has 1 saturated carbocycles. The van der Waals surface area contributed by atoms with Crippen LogP contribution in [0.4, 0.5) is 4.39 Å². The average Bonchev–Trinajstić information content (AvgIpc) is 2.40. The number of methoxy groups -OCH3 is 1. The fraction of sp³-hybridized carbons (Fsp3) is 0.600. The summed E-state index contributed by atoms with van der Waals surface area (Å²) in [7, 11) is 1.44. The molecule has 0 spiro atoms. The highest BCUT2D eigenvalue weighted by atomic mass is 19.1. The third kappa shape index (κ3) is 3.22. The van der Waals surface area contributed by atoms with E-state index in [-0.39, 0.29) is 11.6 Å². The minimum Gasteiger partial charge on any atom is -0.494 e. The Hall–Kier alpha value is -1.09. The number of aliphatic hydroxyl groups is 1. The minimum atomic E-state index is -0.511. The van der Waals surface area contributed by atoms with E-state index in [0.29, 0.717) is 5.92 Å². The maximum atomic E-state index is 13.3. The fourth-order valence-electron chi connectivity index (χ4n) is 2.76. The fourth-order valence-corrected chi connectivity index (χ4v) is 2.76. The molecule has 1 N–H and O–H groups in total. The predicted octanol–water partition coefficient (Wildman–Crippen LogP) is 3.84. The van der Waals surface area contributed by atoms with E-state index in [1.54, 1.807) is 12.1 Å². The Labute approximate surface area is 108 Å². The van der Waals surface area contributed by atoms with Crippen molar-refractivity contribution in [2.45, 2.75) is 44.6 Å². The highest BCUT2D eigenvalue weighted by molar-refractivity contribution is 5.31. The Balaban J connectivity index is 2.01. The van der Waals surface area contributed by atoms with Crippen LogP contribution in [0.3, 0.4) is 0 Å². The van der Waals surface area contributed by atoms with E-state index in [0.717, 1.165) is 12.0 Å². The van der Waals surface area contributed by atoms with Crippen LogP contribution in [0.2, 0.25) is 0 Å². The number of aliphatic hydroxyl groups excluding tert-OH is 1. The Morgan fingerprint density at radius 2 is 2.06 bits per heavy atom. The zero-order chi connectivity index (χ0) is 13.0. The van der Waals surface area contributed by atoms with Crippen LogP contribution in [0, 0.1) is 11.7 Å². The van der Waals surface area contributed by atoms with Crippen molar-refractivity contribution in [1.82, 2.24) is 0 Å². The van der Waals surface area contributed by atoms with Crippen LogP contribution in [0.1, 0.15) is 50.2 Å². The third-order valence-corrected chi connectivity index (χ3v) is 3.84. The standard InChI is InChI=1S/C15H21FO2/c1-18-15-10-12(7-8-13(15)16)14(17)9-11-5-3-2-4-6-11/h7-8,10-11,14,17H,2-6,9H2,1H3. The first-order valence-electron chi connectivity index (χ1n) is 6.72. The second-order valence-electron chi connectivity index (χ2n) is 5.15. The molecule has 1 aromatic carbocycles. The molecule has 1 fully saturated rings. The van der Waals surface area contributed by atoms with Crippen molar-refractivity contribution in [3.05, 3.63) is 29.6 Å². The van der Waals surface area contributed by atoms with E-state index in [2.05, 4.69) is 0 Å². The zero-order valence-electron chi connectivity index (χ0n) is 10.9. The molecule has 1 atom stereocenters. The van der Waals surface area contributed by atoms with Crippen molar-refractivity contribution in [3.8, 4) is 5.75 Å². The van der Waals surface area contributed by atoms with Crippen molar-refractivity contribution in [3.63, 3.8) is 0 Å². The average molecular weight is 252 g/mol. The molecule has 0 radical (unpaired) electrons. The molecule has 0 amide bonds. The molecule has 2 rings (SSSR count). The van der Waals surface area contributed by atoms with E-state index in [9.17, 15) is 9.50 Å². The highest BCUT2D eigenvalue weighted by Gasteiger charge is 2.19. The number of halogens is 1. The van der Waals surface area contributed by atoms with Gasteiger partial charge in [-0.3, -0.25) is 0 Å². The number of ether oxygens (including phenoxy) is 1. The van der Waals surface area contributed by atoms with Gasteiger partial charge in [-0.1, -0.05) is 38.2 Å². The number of benzene rings is 1. The molecule has 1 aliphatic rings. The lowest BCUT2D eigenvalue weighted by molar-refractivity contribution is 0.131. The van der Waals surface area contributed by atoms with Gasteiger partial charge in [-0.15, -0.1) is 0 Å². The molecule has 3 heteroatoms. The second-order valence-corrected chi connectivity index (χ2v) is 5.15. The van der Waals surface area contributed by atoms with Crippen molar-refractivity contribution in [2.24, 2.45) is 5.92 Å². The maximum Gasteiger partial charge on any atom is 0.165 e. The Kier molecular flexibility index (Phi) is 4.59. The molecular weight excluding hydrogens is 231 g/mol. The quantitative estimate of drug-likeness (QED) is 0.882. The van der Waals surface area contributed by atoms with E-state index in [4.69, 9.17) is 4.74 Å². The van der Waals surface area contributed by atoms with Crippen molar-refractivity contribution in [1.29, 1.82) is 0 Å². The summed E-state index contributed by atoms with van der Waals surface area (Å²) in [5.41, 5.74) is 0.749. The van der Waals surface area contributed by atoms with Gasteiger partial charge in [0.2, 0.25) is 0 Å². The molecule has 1 unspecified atom stereocenters. The summed E-state index contributed by atoms with van der Waals surface area (Å²) in [5, 5.41) is 10.2. The SMILES string of the molecule is COc1cc(C(O)CC2CCCCC2)ccc1F. The van der Waals surface area contributed by atoms with Gasteiger partial charge in [-0.2, -0.15) is 0 Å². The van der Waals surface area contributed by atoms with Gasteiger partial charge in [-0.25, -0.2) is 4.39 Å². The third-order valence-electron chi connectivity index (χ3n) is 3.84. The molecule has 0 saturated heterocycles. The summed E-state index contributed by atoms with van der Waals surface area (Å²) < 4.78 is 18.2. The van der Waals surface area contributed by atoms with Crippen molar-refractivity contribution >= 4 is 0 Å². The summed E-state index contributed by atoms with van der Waals surface area (Å²) in [6.07, 6.45) is 6.52. The van der Waals surface area contributed by atoms with Gasteiger partial charge < -0.3 is 9.84 Å². The van der Waals surface area contributed by atoms with Crippen LogP contribution in [0.25, 0.3) is 0 Å². The summed E-state index contributed by atoms with van der Waals surface area (Å²) in [4.78, 5) is 0. The normalized spacial score (nSPS) is 18.6. The van der Waals surface area contributed by atoms with Gasteiger partial charge >= 0.3 is 0 Å². The van der Waals surface area contributed by atoms with Crippen molar-refractivity contribution < 1.29 is 14.2 Å². The molecule has 18 heavy (non-hydrogen) atoms. The summed E-state index contributed by atoms with van der Waals surface area (Å²) in [5.74, 6) is 0.422. The van der Waals surface area contributed by atoms with Crippen molar-refractivity contribution in [2.75, 3.05) is 7.11 Å². The van der Waals surface area contributed by atoms with E-state index in [1.165, 1.54) is 45.3 Å². The topological polar surface area (TPSA) is 29.5 Å². The van der Waals surface area contributed by atoms with Crippen LogP contribution in [0.15, 0.2) is 18.2 Å². The van der Waals surface area contributed by atoms with Crippen LogP contribution in [-0.2, 0) is 0 Å². The van der Waals surface area contributed by atoms with Crippen LogP contribution in [0.5, 0.6) is 5.75 Å². The second kappa shape index (κ2) is 6.19. The molecular formula is C15H21FO2. The Morgan fingerprint density at radius 1 is 1.33 bits per heavy atom. The highest BCUT2D eigenvalue weighted by Crippen LogP contribution is 2.33. The van der Waals surface area contributed by atoms with Gasteiger partial charge in [0.15, 0.2) is 11.6 Å². The predicted molar refractivity (Wildman–Crippen MR) is 69.1 cm³/mol. The molecule has 0 aliphatic heterocycles. The van der Waals surface area contributed by atoms with Gasteiger partial charge in [0.05, 0.1) is 13.2 Å². The first-order valence-corrected chi connectivity index (χ1v) is 6.72. The molecule has 1 aliphatic carbocycles.